The maximum Gasteiger partial charge on any atom is 0.417 e. The lowest BCUT2D eigenvalue weighted by Gasteiger charge is -2.11. The quantitative estimate of drug-likeness (QED) is 0.765. The minimum Gasteiger partial charge on any atom is -0.367 e. The first kappa shape index (κ1) is 18.4. The monoisotopic (exact) mass is 377 g/mol. The van der Waals surface area contributed by atoms with Crippen LogP contribution in [0.15, 0.2) is 36.5 Å². The third kappa shape index (κ3) is 5.01. The molecule has 0 bridgehead atoms. The van der Waals surface area contributed by atoms with Crippen LogP contribution in [0.1, 0.15) is 15.9 Å². The third-order valence-corrected chi connectivity index (χ3v) is 3.52. The molecule has 0 aliphatic carbocycles. The minimum atomic E-state index is -4.50. The molecular formula is C15H12Cl2F3N3O. The maximum absolute atomic E-state index is 12.5. The molecule has 0 fully saturated rings. The van der Waals surface area contributed by atoms with Gasteiger partial charge in [0.05, 0.1) is 10.6 Å². The molecule has 0 saturated carbocycles. The van der Waals surface area contributed by atoms with Crippen molar-refractivity contribution in [3.63, 3.8) is 0 Å². The van der Waals surface area contributed by atoms with E-state index >= 15 is 0 Å². The molecule has 0 spiro atoms. The molecule has 0 aliphatic heterocycles. The molecule has 0 saturated heterocycles. The highest BCUT2D eigenvalue weighted by Gasteiger charge is 2.31. The van der Waals surface area contributed by atoms with Crippen LogP contribution in [0.2, 0.25) is 10.0 Å². The Morgan fingerprint density at radius 3 is 2.38 bits per heavy atom. The van der Waals surface area contributed by atoms with Crippen molar-refractivity contribution in [3.05, 3.63) is 57.7 Å². The number of amides is 1. The molecule has 0 atom stereocenters. The van der Waals surface area contributed by atoms with E-state index in [9.17, 15) is 18.0 Å². The van der Waals surface area contributed by atoms with Gasteiger partial charge >= 0.3 is 6.18 Å². The van der Waals surface area contributed by atoms with E-state index < -0.39 is 11.7 Å². The Morgan fingerprint density at radius 1 is 1.12 bits per heavy atom. The number of hydrogen-bond donors (Lipinski definition) is 2. The Balaban J connectivity index is 1.84. The van der Waals surface area contributed by atoms with Gasteiger partial charge in [0.2, 0.25) is 0 Å². The number of carbonyl (C=O) groups excluding carboxylic acids is 1. The highest BCUT2D eigenvalue weighted by atomic mass is 35.5. The van der Waals surface area contributed by atoms with Gasteiger partial charge < -0.3 is 10.6 Å². The summed E-state index contributed by atoms with van der Waals surface area (Å²) in [6.45, 7) is 0.484. The molecule has 0 unspecified atom stereocenters. The number of nitrogens with one attached hydrogen (secondary N) is 2. The number of carbonyl (C=O) groups is 1. The van der Waals surface area contributed by atoms with Crippen LogP contribution in [-0.4, -0.2) is 24.0 Å². The van der Waals surface area contributed by atoms with Crippen LogP contribution in [0, 0.1) is 0 Å². The SMILES string of the molecule is O=C(NCCNc1ncc(C(F)(F)F)cc1Cl)c1ccc(Cl)cc1. The smallest absolute Gasteiger partial charge is 0.367 e. The van der Waals surface area contributed by atoms with Gasteiger partial charge in [0.25, 0.3) is 5.91 Å². The summed E-state index contributed by atoms with van der Waals surface area (Å²) in [6, 6.07) is 7.16. The second-order valence-corrected chi connectivity index (χ2v) is 5.59. The van der Waals surface area contributed by atoms with E-state index in [2.05, 4.69) is 15.6 Å². The van der Waals surface area contributed by atoms with Crippen LogP contribution >= 0.6 is 23.2 Å². The summed E-state index contributed by atoms with van der Waals surface area (Å²) in [7, 11) is 0. The van der Waals surface area contributed by atoms with Crippen molar-refractivity contribution in [1.82, 2.24) is 10.3 Å². The third-order valence-electron chi connectivity index (χ3n) is 2.98. The number of nitrogens with zero attached hydrogens (tertiary/aromatic N) is 1. The van der Waals surface area contributed by atoms with Gasteiger partial charge in [-0.25, -0.2) is 4.98 Å². The number of alkyl halides is 3. The Bertz CT molecular complexity index is 721. The lowest BCUT2D eigenvalue weighted by molar-refractivity contribution is -0.137. The van der Waals surface area contributed by atoms with Crippen molar-refractivity contribution in [3.8, 4) is 0 Å². The number of benzene rings is 1. The topological polar surface area (TPSA) is 54.0 Å². The van der Waals surface area contributed by atoms with E-state index in [0.717, 1.165) is 6.07 Å². The van der Waals surface area contributed by atoms with Gasteiger partial charge in [0.1, 0.15) is 5.82 Å². The molecule has 24 heavy (non-hydrogen) atoms. The van der Waals surface area contributed by atoms with E-state index in [1.165, 1.54) is 0 Å². The Hall–Kier alpha value is -1.99. The zero-order valence-corrected chi connectivity index (χ0v) is 13.6. The summed E-state index contributed by atoms with van der Waals surface area (Å²) in [6.07, 6.45) is -3.80. The molecule has 2 N–H and O–H groups in total. The molecule has 9 heteroatoms. The van der Waals surface area contributed by atoms with Gasteiger partial charge in [-0.3, -0.25) is 4.79 Å². The van der Waals surface area contributed by atoms with Crippen molar-refractivity contribution in [1.29, 1.82) is 0 Å². The molecule has 2 rings (SSSR count). The number of pyridine rings is 1. The molecule has 1 heterocycles. The predicted molar refractivity (Wildman–Crippen MR) is 86.5 cm³/mol. The number of hydrogen-bond acceptors (Lipinski definition) is 3. The summed E-state index contributed by atoms with van der Waals surface area (Å²) in [5.74, 6) is -0.176. The van der Waals surface area contributed by atoms with Crippen LogP contribution in [0.3, 0.4) is 0 Å². The first-order chi connectivity index (χ1) is 11.3. The molecule has 1 aromatic carbocycles. The second-order valence-electron chi connectivity index (χ2n) is 4.74. The fourth-order valence-corrected chi connectivity index (χ4v) is 2.14. The molecule has 1 aromatic heterocycles. The van der Waals surface area contributed by atoms with Crippen LogP contribution < -0.4 is 10.6 Å². The summed E-state index contributed by atoms with van der Waals surface area (Å²) in [4.78, 5) is 15.5. The van der Waals surface area contributed by atoms with Crippen molar-refractivity contribution >= 4 is 34.9 Å². The summed E-state index contributed by atoms with van der Waals surface area (Å²) >= 11 is 11.5. The zero-order valence-electron chi connectivity index (χ0n) is 12.1. The highest BCUT2D eigenvalue weighted by Crippen LogP contribution is 2.32. The van der Waals surface area contributed by atoms with Gasteiger partial charge in [0, 0.05) is 29.9 Å². The largest absolute Gasteiger partial charge is 0.417 e. The van der Waals surface area contributed by atoms with E-state index in [1.54, 1.807) is 24.3 Å². The van der Waals surface area contributed by atoms with Crippen molar-refractivity contribution < 1.29 is 18.0 Å². The molecule has 1 amide bonds. The van der Waals surface area contributed by atoms with E-state index in [4.69, 9.17) is 23.2 Å². The summed E-state index contributed by atoms with van der Waals surface area (Å²) in [5.41, 5.74) is -0.473. The van der Waals surface area contributed by atoms with Crippen molar-refractivity contribution in [2.24, 2.45) is 0 Å². The molecular weight excluding hydrogens is 366 g/mol. The molecule has 0 aliphatic rings. The number of anilines is 1. The summed E-state index contributed by atoms with van der Waals surface area (Å²) in [5, 5.41) is 5.79. The minimum absolute atomic E-state index is 0.116. The van der Waals surface area contributed by atoms with Crippen LogP contribution in [0.25, 0.3) is 0 Å². The van der Waals surface area contributed by atoms with Gasteiger partial charge in [-0.1, -0.05) is 23.2 Å². The standard InChI is InChI=1S/C15H12Cl2F3N3O/c16-11-3-1-9(2-4-11)14(24)22-6-5-21-13-12(17)7-10(8-23-13)15(18,19)20/h1-4,7-8H,5-6H2,(H,21,23)(H,22,24). The Kier molecular flexibility index (Phi) is 5.90. The number of rotatable bonds is 5. The lowest BCUT2D eigenvalue weighted by atomic mass is 10.2. The van der Waals surface area contributed by atoms with Crippen LogP contribution in [-0.2, 0) is 6.18 Å². The normalized spacial score (nSPS) is 11.2. The predicted octanol–water partition coefficient (Wildman–Crippen LogP) is 4.25. The summed E-state index contributed by atoms with van der Waals surface area (Å²) < 4.78 is 37.5. The molecule has 0 radical (unpaired) electrons. The highest BCUT2D eigenvalue weighted by molar-refractivity contribution is 6.33. The number of aromatic nitrogens is 1. The van der Waals surface area contributed by atoms with Crippen molar-refractivity contribution in [2.45, 2.75) is 6.18 Å². The zero-order chi connectivity index (χ0) is 17.7. The van der Waals surface area contributed by atoms with Gasteiger partial charge in [0.15, 0.2) is 0 Å². The van der Waals surface area contributed by atoms with E-state index in [-0.39, 0.29) is 29.8 Å². The maximum atomic E-state index is 12.5. The average molecular weight is 378 g/mol. The van der Waals surface area contributed by atoms with Crippen molar-refractivity contribution in [2.75, 3.05) is 18.4 Å². The Morgan fingerprint density at radius 2 is 1.79 bits per heavy atom. The second kappa shape index (κ2) is 7.72. The van der Waals surface area contributed by atoms with E-state index in [1.807, 2.05) is 0 Å². The Labute approximate surface area is 146 Å². The first-order valence-corrected chi connectivity index (χ1v) is 7.53. The van der Waals surface area contributed by atoms with E-state index in [0.29, 0.717) is 16.8 Å². The van der Waals surface area contributed by atoms with Crippen LogP contribution in [0.5, 0.6) is 0 Å². The fraction of sp³-hybridized carbons (Fsp3) is 0.200. The average Bonchev–Trinajstić information content (AvgIpc) is 2.52. The fourth-order valence-electron chi connectivity index (χ4n) is 1.78. The van der Waals surface area contributed by atoms with Gasteiger partial charge in [-0.2, -0.15) is 13.2 Å². The lowest BCUT2D eigenvalue weighted by Crippen LogP contribution is -2.28. The molecule has 128 valence electrons. The first-order valence-electron chi connectivity index (χ1n) is 6.78. The number of halogens is 5. The molecule has 2 aromatic rings. The molecule has 4 nitrogen and oxygen atoms in total. The van der Waals surface area contributed by atoms with Gasteiger partial charge in [-0.05, 0) is 30.3 Å². The van der Waals surface area contributed by atoms with Gasteiger partial charge in [-0.15, -0.1) is 0 Å². The van der Waals surface area contributed by atoms with Crippen LogP contribution in [0.4, 0.5) is 19.0 Å².